The zero-order valence-electron chi connectivity index (χ0n) is 6.74. The largest absolute Gasteiger partial charge is 0.203 e. The molecule has 14 heavy (non-hydrogen) atoms. The van der Waals surface area contributed by atoms with E-state index in [1.807, 2.05) is 0 Å². The van der Waals surface area contributed by atoms with Crippen LogP contribution in [0.1, 0.15) is 0 Å². The highest BCUT2D eigenvalue weighted by Crippen LogP contribution is 2.25. The topological polar surface area (TPSA) is 0 Å². The molecule has 2 rings (SSSR count). The SMILES string of the molecule is Fc1c(F)c(F)c2ccc[c]c2c1F. The molecule has 0 aliphatic heterocycles. The van der Waals surface area contributed by atoms with Gasteiger partial charge in [0.05, 0.1) is 0 Å². The fraction of sp³-hybridized carbons (Fsp3) is 0. The maximum Gasteiger partial charge on any atom is 0.198 e. The summed E-state index contributed by atoms with van der Waals surface area (Å²) in [5.41, 5.74) is 0. The molecule has 2 aromatic rings. The van der Waals surface area contributed by atoms with Gasteiger partial charge in [-0.2, -0.15) is 0 Å². The monoisotopic (exact) mass is 199 g/mol. The fourth-order valence-electron chi connectivity index (χ4n) is 1.22. The highest BCUT2D eigenvalue weighted by Gasteiger charge is 2.19. The summed E-state index contributed by atoms with van der Waals surface area (Å²) in [6.45, 7) is 0. The maximum atomic E-state index is 13.0. The summed E-state index contributed by atoms with van der Waals surface area (Å²) in [6.07, 6.45) is 0. The Morgan fingerprint density at radius 2 is 1.50 bits per heavy atom. The van der Waals surface area contributed by atoms with Gasteiger partial charge in [-0.15, -0.1) is 0 Å². The van der Waals surface area contributed by atoms with Crippen molar-refractivity contribution in [3.05, 3.63) is 47.5 Å². The van der Waals surface area contributed by atoms with Crippen LogP contribution in [-0.4, -0.2) is 0 Å². The van der Waals surface area contributed by atoms with Crippen molar-refractivity contribution < 1.29 is 17.6 Å². The minimum Gasteiger partial charge on any atom is -0.203 e. The van der Waals surface area contributed by atoms with Gasteiger partial charge in [0.1, 0.15) is 0 Å². The normalized spacial score (nSPS) is 10.9. The van der Waals surface area contributed by atoms with Gasteiger partial charge in [0.25, 0.3) is 0 Å². The van der Waals surface area contributed by atoms with E-state index in [4.69, 9.17) is 0 Å². The van der Waals surface area contributed by atoms with E-state index in [-0.39, 0.29) is 10.8 Å². The van der Waals surface area contributed by atoms with Crippen molar-refractivity contribution in [3.63, 3.8) is 0 Å². The van der Waals surface area contributed by atoms with E-state index in [0.29, 0.717) is 0 Å². The predicted octanol–water partition coefficient (Wildman–Crippen LogP) is 3.20. The summed E-state index contributed by atoms with van der Waals surface area (Å²) in [4.78, 5) is 0. The van der Waals surface area contributed by atoms with Gasteiger partial charge >= 0.3 is 0 Å². The second-order valence-electron chi connectivity index (χ2n) is 2.71. The number of hydrogen-bond acceptors (Lipinski definition) is 0. The van der Waals surface area contributed by atoms with E-state index in [2.05, 4.69) is 6.07 Å². The van der Waals surface area contributed by atoms with Crippen LogP contribution in [0, 0.1) is 29.3 Å². The van der Waals surface area contributed by atoms with Crippen LogP contribution in [0.3, 0.4) is 0 Å². The lowest BCUT2D eigenvalue weighted by Gasteiger charge is -2.02. The number of rotatable bonds is 0. The second-order valence-corrected chi connectivity index (χ2v) is 2.71. The fourth-order valence-corrected chi connectivity index (χ4v) is 1.22. The van der Waals surface area contributed by atoms with Crippen molar-refractivity contribution in [2.24, 2.45) is 0 Å². The predicted molar refractivity (Wildman–Crippen MR) is 42.6 cm³/mol. The summed E-state index contributed by atoms with van der Waals surface area (Å²) in [5.74, 6) is -6.41. The first-order chi connectivity index (χ1) is 6.63. The van der Waals surface area contributed by atoms with E-state index in [9.17, 15) is 17.6 Å². The lowest BCUT2D eigenvalue weighted by molar-refractivity contribution is 0.418. The maximum absolute atomic E-state index is 13.0. The summed E-state index contributed by atoms with van der Waals surface area (Å²) < 4.78 is 51.5. The molecule has 0 aliphatic rings. The Bertz CT molecular complexity index is 458. The van der Waals surface area contributed by atoms with Gasteiger partial charge in [0.15, 0.2) is 23.3 Å². The molecule has 0 unspecified atom stereocenters. The van der Waals surface area contributed by atoms with E-state index in [0.717, 1.165) is 6.07 Å². The highest BCUT2D eigenvalue weighted by atomic mass is 19.2. The van der Waals surface area contributed by atoms with Crippen LogP contribution in [0.15, 0.2) is 18.2 Å². The molecule has 0 saturated carbocycles. The molecule has 0 nitrogen and oxygen atoms in total. The Kier molecular flexibility index (Phi) is 1.91. The quantitative estimate of drug-likeness (QED) is 0.347. The minimum atomic E-state index is -1.81. The molecule has 2 aromatic carbocycles. The molecule has 71 valence electrons. The molecule has 0 heterocycles. The first-order valence-electron chi connectivity index (χ1n) is 3.75. The Balaban J connectivity index is 3.02. The van der Waals surface area contributed by atoms with Crippen molar-refractivity contribution in [1.82, 2.24) is 0 Å². The van der Waals surface area contributed by atoms with Gasteiger partial charge in [0, 0.05) is 10.8 Å². The Morgan fingerprint density at radius 3 is 2.21 bits per heavy atom. The third kappa shape index (κ3) is 1.07. The van der Waals surface area contributed by atoms with Crippen LogP contribution in [-0.2, 0) is 0 Å². The van der Waals surface area contributed by atoms with Crippen molar-refractivity contribution in [2.75, 3.05) is 0 Å². The molecule has 1 radical (unpaired) electrons. The third-order valence-corrected chi connectivity index (χ3v) is 1.89. The van der Waals surface area contributed by atoms with Crippen molar-refractivity contribution in [2.45, 2.75) is 0 Å². The molecule has 0 aromatic heterocycles. The summed E-state index contributed by atoms with van der Waals surface area (Å²) in [7, 11) is 0. The number of halogens is 4. The van der Waals surface area contributed by atoms with Gasteiger partial charge in [-0.3, -0.25) is 0 Å². The van der Waals surface area contributed by atoms with Crippen LogP contribution in [0.5, 0.6) is 0 Å². The molecule has 0 N–H and O–H groups in total. The molecule has 0 aliphatic carbocycles. The molecule has 0 spiro atoms. The standard InChI is InChI=1S/C10H3F4/c11-7-5-3-1-2-4-6(5)8(12)10(14)9(7)13/h1-3H. The number of hydrogen-bond donors (Lipinski definition) is 0. The van der Waals surface area contributed by atoms with Crippen LogP contribution in [0.25, 0.3) is 10.8 Å². The van der Waals surface area contributed by atoms with Crippen molar-refractivity contribution in [3.8, 4) is 0 Å². The molecule has 4 heteroatoms. The molecule has 0 fully saturated rings. The van der Waals surface area contributed by atoms with E-state index in [1.54, 1.807) is 0 Å². The Hall–Kier alpha value is -1.58. The van der Waals surface area contributed by atoms with Gasteiger partial charge in [0.2, 0.25) is 0 Å². The van der Waals surface area contributed by atoms with E-state index >= 15 is 0 Å². The zero-order valence-corrected chi connectivity index (χ0v) is 6.74. The van der Waals surface area contributed by atoms with Crippen LogP contribution < -0.4 is 0 Å². The van der Waals surface area contributed by atoms with Crippen LogP contribution >= 0.6 is 0 Å². The van der Waals surface area contributed by atoms with Crippen molar-refractivity contribution >= 4 is 10.8 Å². The zero-order chi connectivity index (χ0) is 10.3. The number of benzene rings is 2. The third-order valence-electron chi connectivity index (χ3n) is 1.89. The van der Waals surface area contributed by atoms with E-state index < -0.39 is 23.3 Å². The molecule has 0 atom stereocenters. The minimum absolute atomic E-state index is 0.316. The van der Waals surface area contributed by atoms with E-state index in [1.165, 1.54) is 12.1 Å². The van der Waals surface area contributed by atoms with Gasteiger partial charge < -0.3 is 0 Å². The smallest absolute Gasteiger partial charge is 0.198 e. The molecule has 0 amide bonds. The average Bonchev–Trinajstić information content (AvgIpc) is 2.23. The van der Waals surface area contributed by atoms with Crippen molar-refractivity contribution in [1.29, 1.82) is 0 Å². The second kappa shape index (κ2) is 2.97. The molecule has 0 saturated heterocycles. The first kappa shape index (κ1) is 8.99. The summed E-state index contributed by atoms with van der Waals surface area (Å²) >= 11 is 0. The number of fused-ring (bicyclic) bond motifs is 1. The van der Waals surface area contributed by atoms with Crippen LogP contribution in [0.4, 0.5) is 17.6 Å². The lowest BCUT2D eigenvalue weighted by atomic mass is 10.1. The Labute approximate surface area is 76.8 Å². The van der Waals surface area contributed by atoms with Gasteiger partial charge in [-0.25, -0.2) is 17.6 Å². The first-order valence-corrected chi connectivity index (χ1v) is 3.75. The summed E-state index contributed by atoms with van der Waals surface area (Å²) in [5, 5.41) is -0.701. The highest BCUT2D eigenvalue weighted by molar-refractivity contribution is 5.83. The van der Waals surface area contributed by atoms with Crippen LogP contribution in [0.2, 0.25) is 0 Å². The molecular formula is C10H3F4. The lowest BCUT2D eigenvalue weighted by Crippen LogP contribution is -1.97. The van der Waals surface area contributed by atoms with Gasteiger partial charge in [-0.05, 0) is 6.07 Å². The Morgan fingerprint density at radius 1 is 0.857 bits per heavy atom. The van der Waals surface area contributed by atoms with Gasteiger partial charge in [-0.1, -0.05) is 18.2 Å². The average molecular weight is 199 g/mol. The molecule has 0 bridgehead atoms. The molecular weight excluding hydrogens is 196 g/mol. The summed E-state index contributed by atoms with van der Waals surface area (Å²) in [6, 6.07) is 6.12.